The minimum Gasteiger partial charge on any atom is -0.481 e. The van der Waals surface area contributed by atoms with Crippen LogP contribution in [-0.2, 0) is 4.79 Å². The molecule has 0 heterocycles. The molecular formula is C14H17NO4. The molecule has 0 saturated carbocycles. The van der Waals surface area contributed by atoms with E-state index in [1.807, 2.05) is 0 Å². The summed E-state index contributed by atoms with van der Waals surface area (Å²) in [6.45, 7) is 7.18. The monoisotopic (exact) mass is 263 g/mol. The van der Waals surface area contributed by atoms with Gasteiger partial charge in [-0.25, -0.2) is 4.79 Å². The minimum absolute atomic E-state index is 0.219. The molecule has 0 aliphatic rings. The van der Waals surface area contributed by atoms with Crippen LogP contribution in [0.15, 0.2) is 30.9 Å². The van der Waals surface area contributed by atoms with Crippen LogP contribution in [0.25, 0.3) is 0 Å². The molecule has 5 heteroatoms. The number of rotatable bonds is 6. The Bertz CT molecular complexity index is 496. The molecule has 0 aliphatic carbocycles. The van der Waals surface area contributed by atoms with Gasteiger partial charge in [0.15, 0.2) is 6.10 Å². The number of benzene rings is 1. The fraction of sp³-hybridized carbons (Fsp3) is 0.286. The number of aryl methyl sites for hydroxylation is 1. The van der Waals surface area contributed by atoms with Crippen LogP contribution in [0.5, 0.6) is 5.75 Å². The summed E-state index contributed by atoms with van der Waals surface area (Å²) in [6.07, 6.45) is 0.922. The Labute approximate surface area is 111 Å². The highest BCUT2D eigenvalue weighted by molar-refractivity contribution is 5.89. The smallest absolute Gasteiger partial charge is 0.335 e. The van der Waals surface area contributed by atoms with Crippen molar-refractivity contribution < 1.29 is 19.4 Å². The van der Waals surface area contributed by atoms with Gasteiger partial charge in [-0.2, -0.15) is 0 Å². The summed E-state index contributed by atoms with van der Waals surface area (Å²) in [5.41, 5.74) is 0.805. The Morgan fingerprint density at radius 2 is 2.21 bits per heavy atom. The fourth-order valence-electron chi connectivity index (χ4n) is 1.52. The second kappa shape index (κ2) is 6.58. The summed E-state index contributed by atoms with van der Waals surface area (Å²) in [7, 11) is 0. The van der Waals surface area contributed by atoms with Crippen molar-refractivity contribution in [1.82, 2.24) is 5.32 Å². The number of nitrogens with one attached hydrogen (secondary N) is 1. The van der Waals surface area contributed by atoms with E-state index in [-0.39, 0.29) is 11.5 Å². The third kappa shape index (κ3) is 4.13. The van der Waals surface area contributed by atoms with Crippen molar-refractivity contribution in [1.29, 1.82) is 0 Å². The van der Waals surface area contributed by atoms with Crippen molar-refractivity contribution in [3.05, 3.63) is 42.0 Å². The van der Waals surface area contributed by atoms with Gasteiger partial charge in [-0.1, -0.05) is 6.08 Å². The van der Waals surface area contributed by atoms with Crippen molar-refractivity contribution in [2.24, 2.45) is 0 Å². The summed E-state index contributed by atoms with van der Waals surface area (Å²) in [5, 5.41) is 11.5. The number of hydrogen-bond acceptors (Lipinski definition) is 3. The Kier molecular flexibility index (Phi) is 5.11. The predicted octanol–water partition coefficient (Wildman–Crippen LogP) is 1.76. The molecule has 1 amide bonds. The summed E-state index contributed by atoms with van der Waals surface area (Å²) < 4.78 is 5.45. The Hall–Kier alpha value is -2.30. The average molecular weight is 263 g/mol. The van der Waals surface area contributed by atoms with Gasteiger partial charge < -0.3 is 15.2 Å². The fourth-order valence-corrected chi connectivity index (χ4v) is 1.52. The molecule has 0 bridgehead atoms. The third-order valence-electron chi connectivity index (χ3n) is 2.53. The number of carboxylic acids is 1. The van der Waals surface area contributed by atoms with Gasteiger partial charge in [0, 0.05) is 6.54 Å². The molecule has 1 aromatic carbocycles. The molecule has 1 aromatic rings. The normalized spacial score (nSPS) is 11.5. The van der Waals surface area contributed by atoms with Gasteiger partial charge in [0.2, 0.25) is 0 Å². The topological polar surface area (TPSA) is 75.6 Å². The molecule has 0 spiro atoms. The summed E-state index contributed by atoms with van der Waals surface area (Å²) in [6, 6.07) is 4.59. The first kappa shape index (κ1) is 14.8. The zero-order valence-electron chi connectivity index (χ0n) is 11.0. The number of aromatic carboxylic acids is 1. The van der Waals surface area contributed by atoms with Gasteiger partial charge >= 0.3 is 5.97 Å². The summed E-state index contributed by atoms with van der Waals surface area (Å²) >= 11 is 0. The van der Waals surface area contributed by atoms with E-state index in [0.717, 1.165) is 0 Å². The highest BCUT2D eigenvalue weighted by Gasteiger charge is 2.14. The van der Waals surface area contributed by atoms with Crippen LogP contribution in [0.4, 0.5) is 0 Å². The highest BCUT2D eigenvalue weighted by Crippen LogP contribution is 2.18. The first-order valence-corrected chi connectivity index (χ1v) is 5.85. The number of hydrogen-bond donors (Lipinski definition) is 2. The number of carboxylic acid groups (broad SMARTS) is 1. The lowest BCUT2D eigenvalue weighted by molar-refractivity contribution is -0.127. The van der Waals surface area contributed by atoms with Crippen LogP contribution >= 0.6 is 0 Å². The second-order valence-corrected chi connectivity index (χ2v) is 4.08. The SMILES string of the molecule is C=CCNC(=O)C(C)Oc1ccc(C(=O)O)c(C)c1. The lowest BCUT2D eigenvalue weighted by atomic mass is 10.1. The number of ether oxygens (including phenoxy) is 1. The van der Waals surface area contributed by atoms with E-state index in [1.54, 1.807) is 26.0 Å². The van der Waals surface area contributed by atoms with E-state index in [0.29, 0.717) is 17.9 Å². The van der Waals surface area contributed by atoms with Crippen LogP contribution in [0, 0.1) is 6.92 Å². The van der Waals surface area contributed by atoms with Gasteiger partial charge in [0.1, 0.15) is 5.75 Å². The standard InChI is InChI=1S/C14H17NO4/c1-4-7-15-13(16)10(3)19-11-5-6-12(14(17)18)9(2)8-11/h4-6,8,10H,1,7H2,2-3H3,(H,15,16)(H,17,18). The summed E-state index contributed by atoms with van der Waals surface area (Å²) in [5.74, 6) is -0.774. The molecule has 0 aromatic heterocycles. The molecule has 0 saturated heterocycles. The first-order valence-electron chi connectivity index (χ1n) is 5.85. The molecular weight excluding hydrogens is 246 g/mol. The number of amides is 1. The van der Waals surface area contributed by atoms with Gasteiger partial charge in [0.25, 0.3) is 5.91 Å². The Morgan fingerprint density at radius 1 is 1.53 bits per heavy atom. The first-order chi connectivity index (χ1) is 8.95. The Morgan fingerprint density at radius 3 is 2.74 bits per heavy atom. The van der Waals surface area contributed by atoms with Crippen LogP contribution in [0.2, 0.25) is 0 Å². The minimum atomic E-state index is -0.985. The van der Waals surface area contributed by atoms with Crippen LogP contribution in [0.1, 0.15) is 22.8 Å². The lowest BCUT2D eigenvalue weighted by Gasteiger charge is -2.15. The van der Waals surface area contributed by atoms with Crippen molar-refractivity contribution in [2.75, 3.05) is 6.54 Å². The number of carbonyl (C=O) groups excluding carboxylic acids is 1. The van der Waals surface area contributed by atoms with Crippen molar-refractivity contribution in [3.8, 4) is 5.75 Å². The maximum atomic E-state index is 11.6. The third-order valence-corrected chi connectivity index (χ3v) is 2.53. The van der Waals surface area contributed by atoms with Gasteiger partial charge in [0.05, 0.1) is 5.56 Å². The highest BCUT2D eigenvalue weighted by atomic mass is 16.5. The molecule has 1 atom stereocenters. The average Bonchev–Trinajstić information content (AvgIpc) is 2.35. The maximum absolute atomic E-state index is 11.6. The molecule has 19 heavy (non-hydrogen) atoms. The largest absolute Gasteiger partial charge is 0.481 e. The van der Waals surface area contributed by atoms with Crippen LogP contribution < -0.4 is 10.1 Å². The molecule has 5 nitrogen and oxygen atoms in total. The van der Waals surface area contributed by atoms with Crippen LogP contribution in [0.3, 0.4) is 0 Å². The van der Waals surface area contributed by atoms with Crippen LogP contribution in [-0.4, -0.2) is 29.6 Å². The molecule has 0 aliphatic heterocycles. The molecule has 1 unspecified atom stereocenters. The number of carbonyl (C=O) groups is 2. The molecule has 0 fully saturated rings. The maximum Gasteiger partial charge on any atom is 0.335 e. The second-order valence-electron chi connectivity index (χ2n) is 4.08. The van der Waals surface area contributed by atoms with Crippen molar-refractivity contribution in [2.45, 2.75) is 20.0 Å². The summed E-state index contributed by atoms with van der Waals surface area (Å²) in [4.78, 5) is 22.5. The molecule has 1 rings (SSSR count). The zero-order chi connectivity index (χ0) is 14.4. The van der Waals surface area contributed by atoms with Crippen molar-refractivity contribution >= 4 is 11.9 Å². The van der Waals surface area contributed by atoms with Crippen molar-refractivity contribution in [3.63, 3.8) is 0 Å². The zero-order valence-corrected chi connectivity index (χ0v) is 11.0. The van der Waals surface area contributed by atoms with E-state index < -0.39 is 12.1 Å². The lowest BCUT2D eigenvalue weighted by Crippen LogP contribution is -2.36. The molecule has 2 N–H and O–H groups in total. The predicted molar refractivity (Wildman–Crippen MR) is 71.4 cm³/mol. The molecule has 102 valence electrons. The van der Waals surface area contributed by atoms with Gasteiger partial charge in [-0.15, -0.1) is 6.58 Å². The van der Waals surface area contributed by atoms with E-state index in [4.69, 9.17) is 9.84 Å². The van der Waals surface area contributed by atoms with E-state index in [1.165, 1.54) is 12.1 Å². The molecule has 0 radical (unpaired) electrons. The quantitative estimate of drug-likeness (QED) is 0.767. The van der Waals surface area contributed by atoms with Gasteiger partial charge in [-0.05, 0) is 37.6 Å². The van der Waals surface area contributed by atoms with E-state index >= 15 is 0 Å². The van der Waals surface area contributed by atoms with E-state index in [9.17, 15) is 9.59 Å². The van der Waals surface area contributed by atoms with E-state index in [2.05, 4.69) is 11.9 Å². The van der Waals surface area contributed by atoms with Gasteiger partial charge in [-0.3, -0.25) is 4.79 Å². The Balaban J connectivity index is 2.72.